The first-order chi connectivity index (χ1) is 21.6. The third-order valence-electron chi connectivity index (χ3n) is 9.64. The van der Waals surface area contributed by atoms with Gasteiger partial charge in [0.05, 0.1) is 11.1 Å². The van der Waals surface area contributed by atoms with Crippen molar-refractivity contribution in [2.75, 3.05) is 4.90 Å². The van der Waals surface area contributed by atoms with E-state index in [0.29, 0.717) is 0 Å². The predicted molar refractivity (Wildman–Crippen MR) is 184 cm³/mol. The highest BCUT2D eigenvalue weighted by molar-refractivity contribution is 6.04. The van der Waals surface area contributed by atoms with Gasteiger partial charge in [-0.1, -0.05) is 115 Å². The zero-order valence-electron chi connectivity index (χ0n) is 25.1. The molecule has 5 aromatic carbocycles. The normalized spacial score (nSPS) is 17.8. The summed E-state index contributed by atoms with van der Waals surface area (Å²) in [4.78, 5) is 2.37. The lowest BCUT2D eigenvalue weighted by atomic mass is 9.66. The van der Waals surface area contributed by atoms with E-state index in [1.54, 1.807) is 0 Å². The number of rotatable bonds is 4. The van der Waals surface area contributed by atoms with Gasteiger partial charge in [0.1, 0.15) is 0 Å². The van der Waals surface area contributed by atoms with Gasteiger partial charge in [-0.2, -0.15) is 0 Å². The van der Waals surface area contributed by atoms with Gasteiger partial charge in [0.25, 0.3) is 0 Å². The lowest BCUT2D eigenvalue weighted by molar-refractivity contribution is 0.752. The Morgan fingerprint density at radius 1 is 0.682 bits per heavy atom. The molecule has 0 bridgehead atoms. The Morgan fingerprint density at radius 3 is 2.05 bits per heavy atom. The second kappa shape index (κ2) is 10.1. The molecule has 3 aliphatic carbocycles. The van der Waals surface area contributed by atoms with Crippen molar-refractivity contribution in [2.24, 2.45) is 0 Å². The summed E-state index contributed by atoms with van der Waals surface area (Å²) in [7, 11) is 0. The molecule has 0 fully saturated rings. The van der Waals surface area contributed by atoms with E-state index in [1.807, 2.05) is 0 Å². The molecule has 1 nitrogen and oxygen atoms in total. The van der Waals surface area contributed by atoms with Gasteiger partial charge >= 0.3 is 0 Å². The third kappa shape index (κ3) is 3.61. The lowest BCUT2D eigenvalue weighted by Gasteiger charge is -2.35. The average Bonchev–Trinajstić information content (AvgIpc) is 3.53. The third-order valence-corrected chi connectivity index (χ3v) is 9.64. The maximum absolute atomic E-state index is 6.69. The second-order valence-corrected chi connectivity index (χ2v) is 12.0. The van der Waals surface area contributed by atoms with Gasteiger partial charge in [0, 0.05) is 22.5 Å². The van der Waals surface area contributed by atoms with E-state index in [-0.39, 0.29) is 0 Å². The number of para-hydroxylation sites is 2. The van der Waals surface area contributed by atoms with Crippen molar-refractivity contribution in [2.45, 2.75) is 32.1 Å². The maximum atomic E-state index is 6.69. The first-order valence-corrected chi connectivity index (χ1v) is 15.5. The van der Waals surface area contributed by atoms with Crippen LogP contribution in [0.1, 0.15) is 47.6 Å². The fourth-order valence-corrected chi connectivity index (χ4v) is 7.92. The van der Waals surface area contributed by atoms with Crippen LogP contribution < -0.4 is 4.90 Å². The molecule has 0 saturated heterocycles. The van der Waals surface area contributed by atoms with Crippen molar-refractivity contribution >= 4 is 22.6 Å². The van der Waals surface area contributed by atoms with Crippen LogP contribution in [0, 0.1) is 19.3 Å². The summed E-state index contributed by atoms with van der Waals surface area (Å²) < 4.78 is 0. The number of allylic oxidation sites excluding steroid dienone is 6. The summed E-state index contributed by atoms with van der Waals surface area (Å²) in [6.07, 6.45) is 13.2. The van der Waals surface area contributed by atoms with E-state index < -0.39 is 5.41 Å². The molecule has 0 saturated carbocycles. The standard InChI is InChI=1S/C43H33N/c1-4-33-41-39(24-15-25-40(41)44(31-17-7-5-8-18-31)32-19-9-6-10-20-32)43(42(33)34-21-12-11-16-30(34)3)37-23-14-13-22-35(37)36-28-29(2)26-27-38(36)43/h1,5-11,13-20,22-28H,12,21H2,2-3H3. The van der Waals surface area contributed by atoms with Crippen LogP contribution in [0.3, 0.4) is 0 Å². The lowest BCUT2D eigenvalue weighted by Crippen LogP contribution is -2.29. The highest BCUT2D eigenvalue weighted by Gasteiger charge is 2.54. The van der Waals surface area contributed by atoms with Gasteiger partial charge in [-0.3, -0.25) is 0 Å². The first kappa shape index (κ1) is 26.3. The number of nitrogens with zero attached hydrogens (tertiary/aromatic N) is 1. The summed E-state index contributed by atoms with van der Waals surface area (Å²) in [5, 5.41) is 0. The number of hydrogen-bond acceptors (Lipinski definition) is 1. The monoisotopic (exact) mass is 563 g/mol. The van der Waals surface area contributed by atoms with E-state index in [0.717, 1.165) is 41.0 Å². The van der Waals surface area contributed by atoms with Gasteiger partial charge in [0.15, 0.2) is 0 Å². The average molecular weight is 564 g/mol. The number of benzene rings is 5. The van der Waals surface area contributed by atoms with Gasteiger partial charge < -0.3 is 4.90 Å². The molecule has 44 heavy (non-hydrogen) atoms. The SMILES string of the molecule is C#CC1=C(C2=C(C)C=CCC2)C2(c3ccccc3-c3cc(C)ccc32)c2cccc(N(c3ccccc3)c3ccccc3)c21. The fraction of sp³-hybridized carbons (Fsp3) is 0.116. The number of aryl methyl sites for hydroxylation is 1. The Labute approximate surface area is 260 Å². The van der Waals surface area contributed by atoms with Crippen LogP contribution in [0.15, 0.2) is 150 Å². The summed E-state index contributed by atoms with van der Waals surface area (Å²) in [6, 6.07) is 44.1. The van der Waals surface area contributed by atoms with E-state index in [9.17, 15) is 0 Å². The van der Waals surface area contributed by atoms with Crippen molar-refractivity contribution in [3.63, 3.8) is 0 Å². The number of hydrogen-bond donors (Lipinski definition) is 0. The van der Waals surface area contributed by atoms with Crippen LogP contribution >= 0.6 is 0 Å². The molecule has 0 aromatic heterocycles. The molecule has 0 N–H and O–H groups in total. The maximum Gasteiger partial charge on any atom is 0.0735 e. The van der Waals surface area contributed by atoms with Crippen LogP contribution in [0.25, 0.3) is 16.7 Å². The molecule has 8 rings (SSSR count). The number of terminal acetylenes is 1. The Morgan fingerprint density at radius 2 is 1.34 bits per heavy atom. The van der Waals surface area contributed by atoms with E-state index in [1.165, 1.54) is 50.1 Å². The Hall–Kier alpha value is -5.32. The van der Waals surface area contributed by atoms with E-state index in [2.05, 4.69) is 158 Å². The smallest absolute Gasteiger partial charge is 0.0735 e. The summed E-state index contributed by atoms with van der Waals surface area (Å²) >= 11 is 0. The molecule has 210 valence electrons. The molecular weight excluding hydrogens is 530 g/mol. The molecule has 1 heteroatoms. The van der Waals surface area contributed by atoms with Gasteiger partial charge in [-0.25, -0.2) is 0 Å². The van der Waals surface area contributed by atoms with Gasteiger partial charge in [-0.05, 0) is 102 Å². The van der Waals surface area contributed by atoms with Crippen molar-refractivity contribution in [1.82, 2.24) is 0 Å². The molecule has 3 aliphatic rings. The summed E-state index contributed by atoms with van der Waals surface area (Å²) in [6.45, 7) is 4.44. The first-order valence-electron chi connectivity index (χ1n) is 15.5. The Balaban J connectivity index is 1.55. The van der Waals surface area contributed by atoms with Gasteiger partial charge in [0.2, 0.25) is 0 Å². The number of fused-ring (bicyclic) bond motifs is 7. The minimum atomic E-state index is -0.506. The van der Waals surface area contributed by atoms with Crippen molar-refractivity contribution in [3.8, 4) is 23.5 Å². The molecule has 1 unspecified atom stereocenters. The quantitative estimate of drug-likeness (QED) is 0.197. The molecular formula is C43H33N. The molecule has 0 radical (unpaired) electrons. The Kier molecular flexibility index (Phi) is 6.07. The summed E-state index contributed by atoms with van der Waals surface area (Å²) in [5.41, 5.74) is 16.7. The van der Waals surface area contributed by atoms with Crippen molar-refractivity contribution in [1.29, 1.82) is 0 Å². The topological polar surface area (TPSA) is 3.24 Å². The molecule has 1 spiro atoms. The van der Waals surface area contributed by atoms with Crippen molar-refractivity contribution in [3.05, 3.63) is 178 Å². The van der Waals surface area contributed by atoms with Crippen LogP contribution in [0.2, 0.25) is 0 Å². The van der Waals surface area contributed by atoms with E-state index >= 15 is 0 Å². The van der Waals surface area contributed by atoms with Crippen LogP contribution in [-0.4, -0.2) is 0 Å². The van der Waals surface area contributed by atoms with Crippen LogP contribution in [0.4, 0.5) is 17.1 Å². The van der Waals surface area contributed by atoms with Crippen LogP contribution in [-0.2, 0) is 5.41 Å². The number of anilines is 3. The minimum absolute atomic E-state index is 0.506. The van der Waals surface area contributed by atoms with E-state index in [4.69, 9.17) is 6.42 Å². The zero-order valence-corrected chi connectivity index (χ0v) is 25.1. The van der Waals surface area contributed by atoms with Gasteiger partial charge in [-0.15, -0.1) is 6.42 Å². The molecule has 0 heterocycles. The largest absolute Gasteiger partial charge is 0.310 e. The molecule has 0 aliphatic heterocycles. The van der Waals surface area contributed by atoms with Crippen molar-refractivity contribution < 1.29 is 0 Å². The molecule has 0 amide bonds. The second-order valence-electron chi connectivity index (χ2n) is 12.0. The molecule has 5 aromatic rings. The highest BCUT2D eigenvalue weighted by atomic mass is 15.1. The molecule has 1 atom stereocenters. The van der Waals surface area contributed by atoms with Crippen LogP contribution in [0.5, 0.6) is 0 Å². The predicted octanol–water partition coefficient (Wildman–Crippen LogP) is 10.8. The summed E-state index contributed by atoms with van der Waals surface area (Å²) in [5.74, 6) is 3.31. The Bertz CT molecular complexity index is 2050. The fourth-order valence-electron chi connectivity index (χ4n) is 7.92. The minimum Gasteiger partial charge on any atom is -0.310 e. The highest BCUT2D eigenvalue weighted by Crippen LogP contribution is 2.65. The zero-order chi connectivity index (χ0) is 29.8.